The van der Waals surface area contributed by atoms with Gasteiger partial charge in [0.2, 0.25) is 0 Å². The number of hydrogen-bond acceptors (Lipinski definition) is 0. The first kappa shape index (κ1) is 23.2. The first-order valence-corrected chi connectivity index (χ1v) is 16.0. The zero-order valence-electron chi connectivity index (χ0n) is 16.1. The van der Waals surface area contributed by atoms with Crippen LogP contribution in [0.25, 0.3) is 0 Å². The molecule has 0 aliphatic heterocycles. The Kier molecular flexibility index (Phi) is 14.2. The van der Waals surface area contributed by atoms with Crippen LogP contribution in [0.1, 0.15) is 105 Å². The monoisotopic (exact) mass is 442 g/mol. The summed E-state index contributed by atoms with van der Waals surface area (Å²) in [5.74, 6) is 0. The van der Waals surface area contributed by atoms with Gasteiger partial charge in [-0.05, 0) is 0 Å². The van der Waals surface area contributed by atoms with Crippen molar-refractivity contribution in [1.82, 2.24) is 0 Å². The van der Waals surface area contributed by atoms with Crippen LogP contribution >= 0.6 is 26.3 Å². The summed E-state index contributed by atoms with van der Waals surface area (Å²) in [7, 11) is 0. The second-order valence-electron chi connectivity index (χ2n) is 7.54. The molecule has 0 atom stereocenters. The summed E-state index contributed by atoms with van der Waals surface area (Å²) in [6.45, 7) is 9.42. The molecule has 0 N–H and O–H groups in total. The van der Waals surface area contributed by atoms with Gasteiger partial charge in [-0.15, -0.1) is 0 Å². The summed E-state index contributed by atoms with van der Waals surface area (Å²) < 4.78 is -1.46. The number of halogens is 1. The molecular formula is C20H44IP. The predicted molar refractivity (Wildman–Crippen MR) is 119 cm³/mol. The third-order valence-electron chi connectivity index (χ3n) is 5.28. The van der Waals surface area contributed by atoms with E-state index < -0.39 is 4.25 Å². The van der Waals surface area contributed by atoms with Crippen LogP contribution in [0.2, 0.25) is 0 Å². The third kappa shape index (κ3) is 10.1. The maximum absolute atomic E-state index is 3.10. The average molecular weight is 442 g/mol. The van der Waals surface area contributed by atoms with Crippen molar-refractivity contribution in [3.05, 3.63) is 0 Å². The Morgan fingerprint density at radius 1 is 0.455 bits per heavy atom. The Morgan fingerprint density at radius 2 is 0.682 bits per heavy atom. The van der Waals surface area contributed by atoms with Crippen molar-refractivity contribution in [3.8, 4) is 0 Å². The van der Waals surface area contributed by atoms with E-state index in [2.05, 4.69) is 49.7 Å². The molecule has 0 aromatic heterocycles. The summed E-state index contributed by atoms with van der Waals surface area (Å²) in [6, 6.07) is 0. The summed E-state index contributed by atoms with van der Waals surface area (Å²) in [5.41, 5.74) is 0. The van der Waals surface area contributed by atoms with Crippen molar-refractivity contribution in [2.75, 3.05) is 24.6 Å². The van der Waals surface area contributed by atoms with Crippen LogP contribution < -0.4 is 0 Å². The van der Waals surface area contributed by atoms with Crippen molar-refractivity contribution < 1.29 is 0 Å². The summed E-state index contributed by atoms with van der Waals surface area (Å²) in [4.78, 5) is 0. The SMILES string of the molecule is CCCCCP(I)(CCCCC)(CCCCC)CCCCC. The zero-order chi connectivity index (χ0) is 16.8. The van der Waals surface area contributed by atoms with Gasteiger partial charge in [0, 0.05) is 0 Å². The Hall–Kier alpha value is 1.16. The van der Waals surface area contributed by atoms with Crippen molar-refractivity contribution in [1.29, 1.82) is 0 Å². The van der Waals surface area contributed by atoms with Crippen LogP contribution in [0.3, 0.4) is 0 Å². The molecule has 0 bridgehead atoms. The molecule has 0 saturated heterocycles. The fourth-order valence-electron chi connectivity index (χ4n) is 3.70. The van der Waals surface area contributed by atoms with E-state index in [1.807, 2.05) is 0 Å². The predicted octanol–water partition coefficient (Wildman–Crippen LogP) is 8.65. The van der Waals surface area contributed by atoms with E-state index in [-0.39, 0.29) is 0 Å². The van der Waals surface area contributed by atoms with Crippen LogP contribution in [0.15, 0.2) is 0 Å². The molecule has 0 spiro atoms. The molecule has 2 heteroatoms. The van der Waals surface area contributed by atoms with Crippen LogP contribution in [0, 0.1) is 0 Å². The molecule has 0 radical (unpaired) electrons. The van der Waals surface area contributed by atoms with Crippen molar-refractivity contribution in [2.24, 2.45) is 0 Å². The molecule has 0 fully saturated rings. The summed E-state index contributed by atoms with van der Waals surface area (Å²) in [5, 5.41) is 0. The Bertz CT molecular complexity index is 201. The van der Waals surface area contributed by atoms with Gasteiger partial charge in [0.1, 0.15) is 0 Å². The molecule has 0 unspecified atom stereocenters. The van der Waals surface area contributed by atoms with E-state index in [1.54, 1.807) is 24.6 Å². The standard InChI is InChI=1S/C20H44IP/c1-5-9-13-17-22(21,18-14-10-6-2,19-15-11-7-3)20-16-12-8-4/h5-20H2,1-4H3. The first-order valence-electron chi connectivity index (χ1n) is 10.3. The van der Waals surface area contributed by atoms with Crippen LogP contribution in [0.4, 0.5) is 0 Å². The molecule has 0 rings (SSSR count). The summed E-state index contributed by atoms with van der Waals surface area (Å²) >= 11 is 3.10. The molecule has 0 aromatic rings. The van der Waals surface area contributed by atoms with Gasteiger partial charge in [-0.3, -0.25) is 0 Å². The fourth-order valence-corrected chi connectivity index (χ4v) is 13.2. The van der Waals surface area contributed by atoms with E-state index in [0.717, 1.165) is 0 Å². The number of rotatable bonds is 16. The molecule has 22 heavy (non-hydrogen) atoms. The molecular weight excluding hydrogens is 398 g/mol. The number of unbranched alkanes of at least 4 members (excludes halogenated alkanes) is 8. The van der Waals surface area contributed by atoms with Crippen molar-refractivity contribution in [3.63, 3.8) is 0 Å². The quantitative estimate of drug-likeness (QED) is 0.127. The molecule has 0 nitrogen and oxygen atoms in total. The van der Waals surface area contributed by atoms with E-state index in [1.165, 1.54) is 77.0 Å². The molecule has 0 aromatic carbocycles. The van der Waals surface area contributed by atoms with E-state index in [4.69, 9.17) is 0 Å². The van der Waals surface area contributed by atoms with Crippen molar-refractivity contribution in [2.45, 2.75) is 105 Å². The normalized spacial score (nSPS) is 14.0. The van der Waals surface area contributed by atoms with Gasteiger partial charge < -0.3 is 0 Å². The molecule has 0 aliphatic carbocycles. The second-order valence-corrected chi connectivity index (χ2v) is 21.2. The Morgan fingerprint density at radius 3 is 0.864 bits per heavy atom. The van der Waals surface area contributed by atoms with Crippen LogP contribution in [-0.2, 0) is 0 Å². The Labute approximate surface area is 155 Å². The maximum atomic E-state index is 3.10. The van der Waals surface area contributed by atoms with Gasteiger partial charge in [0.25, 0.3) is 0 Å². The van der Waals surface area contributed by atoms with Crippen LogP contribution in [-0.4, -0.2) is 24.6 Å². The van der Waals surface area contributed by atoms with Gasteiger partial charge in [-0.2, -0.15) is 0 Å². The molecule has 0 heterocycles. The average Bonchev–Trinajstić information content (AvgIpc) is 2.49. The van der Waals surface area contributed by atoms with Gasteiger partial charge in [-0.1, -0.05) is 0 Å². The van der Waals surface area contributed by atoms with Gasteiger partial charge in [0.15, 0.2) is 0 Å². The topological polar surface area (TPSA) is 0 Å². The number of hydrogen-bond donors (Lipinski definition) is 0. The molecule has 0 saturated carbocycles. The third-order valence-corrected chi connectivity index (χ3v) is 16.8. The minimum atomic E-state index is -1.46. The zero-order valence-corrected chi connectivity index (χ0v) is 19.2. The molecule has 0 amide bonds. The van der Waals surface area contributed by atoms with Crippen molar-refractivity contribution >= 4 is 26.3 Å². The first-order chi connectivity index (χ1) is 10.5. The fraction of sp³-hybridized carbons (Fsp3) is 1.00. The Balaban J connectivity index is 4.89. The molecule has 0 aliphatic rings. The van der Waals surface area contributed by atoms with E-state index >= 15 is 0 Å². The molecule has 136 valence electrons. The van der Waals surface area contributed by atoms with Gasteiger partial charge >= 0.3 is 156 Å². The second kappa shape index (κ2) is 13.5. The van der Waals surface area contributed by atoms with E-state index in [9.17, 15) is 0 Å². The minimum absolute atomic E-state index is 1.38. The van der Waals surface area contributed by atoms with Crippen LogP contribution in [0.5, 0.6) is 0 Å². The van der Waals surface area contributed by atoms with Gasteiger partial charge in [0.05, 0.1) is 0 Å². The van der Waals surface area contributed by atoms with E-state index in [0.29, 0.717) is 0 Å². The van der Waals surface area contributed by atoms with Gasteiger partial charge in [-0.25, -0.2) is 0 Å². The summed E-state index contributed by atoms with van der Waals surface area (Å²) in [6.07, 6.45) is 23.7.